The highest BCUT2D eigenvalue weighted by Gasteiger charge is 2.49. The van der Waals surface area contributed by atoms with Crippen LogP contribution in [0.5, 0.6) is 5.75 Å². The predicted molar refractivity (Wildman–Crippen MR) is 220 cm³/mol. The largest absolute Gasteiger partial charge is 0.504 e. The molecule has 16 nitrogen and oxygen atoms in total. The molecule has 316 valence electrons. The minimum Gasteiger partial charge on any atom is -0.504 e. The number of halogens is 1. The number of carbonyl (C=O) groups excluding carboxylic acids is 5. The Morgan fingerprint density at radius 3 is 2.43 bits per heavy atom. The maximum atomic E-state index is 14.4. The first-order valence-electron chi connectivity index (χ1n) is 21.0. The molecule has 60 heavy (non-hydrogen) atoms. The first-order valence-corrected chi connectivity index (χ1v) is 21.0. The Labute approximate surface area is 347 Å². The van der Waals surface area contributed by atoms with Gasteiger partial charge in [-0.05, 0) is 81.8 Å². The van der Waals surface area contributed by atoms with Gasteiger partial charge in [0.2, 0.25) is 11.8 Å². The highest BCUT2D eigenvalue weighted by molar-refractivity contribution is 6.23. The van der Waals surface area contributed by atoms with Crippen LogP contribution in [0.2, 0.25) is 0 Å². The van der Waals surface area contributed by atoms with Crippen LogP contribution < -0.4 is 20.4 Å². The van der Waals surface area contributed by atoms with E-state index < -0.39 is 52.3 Å². The zero-order chi connectivity index (χ0) is 42.1. The van der Waals surface area contributed by atoms with Crippen LogP contribution in [-0.4, -0.2) is 147 Å². The van der Waals surface area contributed by atoms with E-state index in [1.165, 1.54) is 12.1 Å². The van der Waals surface area contributed by atoms with Gasteiger partial charge in [0.05, 0.1) is 33.6 Å². The summed E-state index contributed by atoms with van der Waals surface area (Å²) in [6.07, 6.45) is 2.90. The Balaban J connectivity index is 0.798. The quantitative estimate of drug-likeness (QED) is 0.309. The van der Waals surface area contributed by atoms with Crippen molar-refractivity contribution in [1.29, 1.82) is 0 Å². The maximum Gasteiger partial charge on any atom is 0.320 e. The van der Waals surface area contributed by atoms with Gasteiger partial charge in [0.25, 0.3) is 11.8 Å². The van der Waals surface area contributed by atoms with Crippen molar-refractivity contribution in [2.24, 2.45) is 5.92 Å². The Morgan fingerprint density at radius 2 is 1.68 bits per heavy atom. The van der Waals surface area contributed by atoms with Crippen LogP contribution in [0.25, 0.3) is 11.3 Å². The zero-order valence-electron chi connectivity index (χ0n) is 34.2. The molecule has 4 saturated heterocycles. The van der Waals surface area contributed by atoms with E-state index in [0.29, 0.717) is 55.7 Å². The molecule has 0 spiro atoms. The first-order chi connectivity index (χ1) is 28.8. The van der Waals surface area contributed by atoms with Gasteiger partial charge in [0.1, 0.15) is 6.04 Å². The van der Waals surface area contributed by atoms with Crippen LogP contribution in [0.15, 0.2) is 42.5 Å². The molecule has 2 unspecified atom stereocenters. The van der Waals surface area contributed by atoms with E-state index in [2.05, 4.69) is 56.3 Å². The van der Waals surface area contributed by atoms with Crippen molar-refractivity contribution in [3.05, 3.63) is 59.4 Å². The van der Waals surface area contributed by atoms with Crippen LogP contribution in [0.1, 0.15) is 73.6 Å². The third kappa shape index (κ3) is 6.76. The fraction of sp³-hybridized carbons (Fsp3) is 0.512. The van der Waals surface area contributed by atoms with Gasteiger partial charge < -0.3 is 30.0 Å². The van der Waals surface area contributed by atoms with Crippen LogP contribution >= 0.6 is 0 Å². The van der Waals surface area contributed by atoms with Gasteiger partial charge >= 0.3 is 6.03 Å². The van der Waals surface area contributed by atoms with E-state index in [1.54, 1.807) is 18.2 Å². The molecule has 0 radical (unpaired) electrons. The number of para-hydroxylation sites is 1. The van der Waals surface area contributed by atoms with Crippen molar-refractivity contribution < 1.29 is 33.5 Å². The lowest BCUT2D eigenvalue weighted by Crippen LogP contribution is -2.71. The number of phenolic OH excluding ortho intramolecular Hbond substituents is 1. The number of aromatic nitrogens is 2. The van der Waals surface area contributed by atoms with Crippen LogP contribution in [0, 0.1) is 11.7 Å². The van der Waals surface area contributed by atoms with E-state index in [4.69, 9.17) is 0 Å². The van der Waals surface area contributed by atoms with Crippen LogP contribution in [0.4, 0.5) is 26.4 Å². The molecule has 1 aromatic heterocycles. The lowest BCUT2D eigenvalue weighted by molar-refractivity contribution is -0.136. The number of urea groups is 1. The molecule has 17 heteroatoms. The summed E-state index contributed by atoms with van der Waals surface area (Å²) >= 11 is 0. The number of carbonyl (C=O) groups is 5. The van der Waals surface area contributed by atoms with Crippen LogP contribution in [-0.2, 0) is 9.59 Å². The number of hydrogen-bond acceptors (Lipinski definition) is 12. The SMILES string of the molecule is CCC12CNc3nnc(-c4cccc(F)c4O)cc3N1CCN(C(=O)N1CCN(CC3CCN(c4ccc5c(c4)C(=O)N(C4CCC(=O)NC4=O)C5=O)CC3)CC1(C)C)C2. The van der Waals surface area contributed by atoms with Crippen molar-refractivity contribution in [2.45, 2.75) is 70.0 Å². The molecule has 2 atom stereocenters. The number of piperidine rings is 2. The first kappa shape index (κ1) is 39.6. The number of nitrogens with one attached hydrogen (secondary N) is 2. The number of hydrogen-bond donors (Lipinski definition) is 3. The maximum absolute atomic E-state index is 14.4. The number of phenols is 1. The van der Waals surface area contributed by atoms with E-state index >= 15 is 0 Å². The second-order valence-corrected chi connectivity index (χ2v) is 17.7. The summed E-state index contributed by atoms with van der Waals surface area (Å²) in [6.45, 7) is 13.3. The summed E-state index contributed by atoms with van der Waals surface area (Å²) in [6, 6.07) is 10.6. The molecule has 6 aliphatic rings. The van der Waals surface area contributed by atoms with Gasteiger partial charge in [-0.2, -0.15) is 0 Å². The van der Waals surface area contributed by atoms with Crippen molar-refractivity contribution >= 4 is 46.9 Å². The van der Waals surface area contributed by atoms with Crippen molar-refractivity contribution in [2.75, 3.05) is 80.6 Å². The Kier molecular flexibility index (Phi) is 9.91. The average Bonchev–Trinajstić information content (AvgIpc) is 3.48. The van der Waals surface area contributed by atoms with E-state index in [-0.39, 0.29) is 30.0 Å². The number of amides is 6. The number of aromatic hydroxyl groups is 1. The molecule has 0 bridgehead atoms. The molecular formula is C43H51FN10O6. The second kappa shape index (κ2) is 15.0. The number of piperazine rings is 2. The Bertz CT molecular complexity index is 2280. The number of imide groups is 2. The summed E-state index contributed by atoms with van der Waals surface area (Å²) in [7, 11) is 0. The Morgan fingerprint density at radius 1 is 0.900 bits per heavy atom. The van der Waals surface area contributed by atoms with Crippen LogP contribution in [0.3, 0.4) is 0 Å². The minimum atomic E-state index is -0.990. The van der Waals surface area contributed by atoms with Crippen molar-refractivity contribution in [3.8, 4) is 17.0 Å². The third-order valence-electron chi connectivity index (χ3n) is 13.6. The fourth-order valence-corrected chi connectivity index (χ4v) is 10.2. The van der Waals surface area contributed by atoms with Gasteiger partial charge in [0, 0.05) is 83.1 Å². The molecule has 0 saturated carbocycles. The van der Waals surface area contributed by atoms with E-state index in [1.807, 2.05) is 21.9 Å². The van der Waals surface area contributed by atoms with Crippen molar-refractivity contribution in [1.82, 2.24) is 35.1 Å². The molecule has 0 aliphatic carbocycles. The third-order valence-corrected chi connectivity index (χ3v) is 13.6. The predicted octanol–water partition coefficient (Wildman–Crippen LogP) is 3.52. The molecule has 6 amide bonds. The normalized spacial score (nSPS) is 24.5. The molecule has 7 heterocycles. The van der Waals surface area contributed by atoms with Gasteiger partial charge in [-0.25, -0.2) is 9.18 Å². The molecule has 3 N–H and O–H groups in total. The molecule has 2 aromatic carbocycles. The minimum absolute atomic E-state index is 0.0409. The van der Waals surface area contributed by atoms with Gasteiger partial charge in [-0.3, -0.25) is 34.3 Å². The molecule has 4 fully saturated rings. The lowest BCUT2D eigenvalue weighted by atomic mass is 9.87. The number of fused-ring (bicyclic) bond motifs is 4. The highest BCUT2D eigenvalue weighted by Crippen LogP contribution is 2.42. The number of anilines is 3. The van der Waals surface area contributed by atoms with Crippen molar-refractivity contribution in [3.63, 3.8) is 0 Å². The summed E-state index contributed by atoms with van der Waals surface area (Å²) in [5.41, 5.74) is 2.12. The number of rotatable bonds is 6. The summed E-state index contributed by atoms with van der Waals surface area (Å²) in [4.78, 5) is 77.2. The summed E-state index contributed by atoms with van der Waals surface area (Å²) in [5, 5.41) is 24.8. The lowest BCUT2D eigenvalue weighted by Gasteiger charge is -2.56. The van der Waals surface area contributed by atoms with Gasteiger partial charge in [-0.15, -0.1) is 10.2 Å². The van der Waals surface area contributed by atoms with E-state index in [0.717, 1.165) is 68.3 Å². The fourth-order valence-electron chi connectivity index (χ4n) is 10.2. The molecular weight excluding hydrogens is 772 g/mol. The molecule has 3 aromatic rings. The highest BCUT2D eigenvalue weighted by atomic mass is 19.1. The van der Waals surface area contributed by atoms with E-state index in [9.17, 15) is 33.5 Å². The van der Waals surface area contributed by atoms with Gasteiger partial charge in [0.15, 0.2) is 17.4 Å². The number of nitrogens with zero attached hydrogens (tertiary/aromatic N) is 8. The monoisotopic (exact) mass is 822 g/mol. The van der Waals surface area contributed by atoms with Gasteiger partial charge in [-0.1, -0.05) is 13.0 Å². The summed E-state index contributed by atoms with van der Waals surface area (Å²) < 4.78 is 14.2. The molecule has 9 rings (SSSR count). The summed E-state index contributed by atoms with van der Waals surface area (Å²) in [5.74, 6) is -2.11. The Hall–Kier alpha value is -5.84. The standard InChI is InChI=1S/C43H51FN10O6/c1-4-43-23-45-37-34(21-32(47-48-37)29-6-5-7-31(44)36(29)56)52(43)19-17-51(25-43)41(60)53-18-16-49(24-42(53,2)3)22-26-12-14-50(15-13-26)27-8-9-28-30(20-27)40(59)54(39(28)58)33-10-11-35(55)46-38(33)57/h5-9,20-21,26,33,56H,4,10-19,22-25H2,1-3H3,(H,45,48)(H,46,55,57). The zero-order valence-corrected chi connectivity index (χ0v) is 34.2. The second-order valence-electron chi connectivity index (χ2n) is 17.7. The average molecular weight is 823 g/mol. The number of benzene rings is 2. The molecule has 6 aliphatic heterocycles. The topological polar surface area (TPSA) is 175 Å². The smallest absolute Gasteiger partial charge is 0.320 e.